The lowest BCUT2D eigenvalue weighted by Gasteiger charge is -2.26. The SMILES string of the molecule is CC1(C)c2cccc3ccc4cc(-c5ccc6c(c5)oc5cc(N(c7ccc(C#N)cc7)c7cccc8nccnc78)ccc56)cc1c4c23. The van der Waals surface area contributed by atoms with Gasteiger partial charge in [-0.3, -0.25) is 9.97 Å². The van der Waals surface area contributed by atoms with E-state index in [4.69, 9.17) is 9.40 Å². The third-order valence-corrected chi connectivity index (χ3v) is 10.3. The quantitative estimate of drug-likeness (QED) is 0.181. The van der Waals surface area contributed by atoms with Crippen LogP contribution in [0.4, 0.5) is 17.1 Å². The zero-order valence-electron chi connectivity index (χ0n) is 26.9. The van der Waals surface area contributed by atoms with Crippen molar-refractivity contribution in [1.82, 2.24) is 9.97 Å². The number of rotatable bonds is 4. The van der Waals surface area contributed by atoms with Crippen LogP contribution in [0.15, 0.2) is 138 Å². The van der Waals surface area contributed by atoms with Gasteiger partial charge in [0.15, 0.2) is 0 Å². The van der Waals surface area contributed by atoms with Crippen LogP contribution in [0.2, 0.25) is 0 Å². The van der Waals surface area contributed by atoms with E-state index in [-0.39, 0.29) is 5.41 Å². The molecule has 230 valence electrons. The second kappa shape index (κ2) is 10.00. The van der Waals surface area contributed by atoms with Gasteiger partial charge >= 0.3 is 0 Å². The average Bonchev–Trinajstić information content (AvgIpc) is 3.62. The van der Waals surface area contributed by atoms with Crippen LogP contribution in [-0.2, 0) is 5.41 Å². The maximum atomic E-state index is 9.45. The van der Waals surface area contributed by atoms with Crippen LogP contribution in [0.5, 0.6) is 0 Å². The highest BCUT2D eigenvalue weighted by atomic mass is 16.3. The minimum Gasteiger partial charge on any atom is -0.456 e. The standard InChI is InChI=1S/C44H28N4O/c1-44(2)35-6-3-5-27-11-12-29-21-30(22-36(44)42(29)41(27)35)28-13-17-33-34-18-16-32(24-40(34)49-39(33)23-28)48(31-14-9-26(25-45)10-15-31)38-8-4-7-37-43(38)47-20-19-46-37/h3-24H,1-2H3. The van der Waals surface area contributed by atoms with E-state index in [0.717, 1.165) is 55.6 Å². The molecule has 0 saturated heterocycles. The van der Waals surface area contributed by atoms with Crippen LogP contribution in [0, 0.1) is 11.3 Å². The van der Waals surface area contributed by atoms with E-state index in [2.05, 4.69) is 109 Å². The van der Waals surface area contributed by atoms with E-state index in [1.165, 1.54) is 38.2 Å². The Morgan fingerprint density at radius 3 is 2.22 bits per heavy atom. The molecular formula is C44H28N4O. The van der Waals surface area contributed by atoms with Crippen LogP contribution in [0.1, 0.15) is 30.5 Å². The normalized spacial score (nSPS) is 13.2. The number of para-hydroxylation sites is 1. The first-order valence-corrected chi connectivity index (χ1v) is 16.5. The topological polar surface area (TPSA) is 66.0 Å². The Bertz CT molecular complexity index is 2870. The Kier molecular flexibility index (Phi) is 5.63. The van der Waals surface area contributed by atoms with Gasteiger partial charge in [-0.1, -0.05) is 56.3 Å². The minimum absolute atomic E-state index is 0.0756. The summed E-state index contributed by atoms with van der Waals surface area (Å²) in [5.74, 6) is 0. The van der Waals surface area contributed by atoms with E-state index in [1.54, 1.807) is 12.4 Å². The summed E-state index contributed by atoms with van der Waals surface area (Å²) in [5, 5.41) is 16.9. The van der Waals surface area contributed by atoms with Crippen LogP contribution >= 0.6 is 0 Å². The van der Waals surface area contributed by atoms with Crippen LogP contribution < -0.4 is 4.90 Å². The molecule has 7 aromatic carbocycles. The number of nitrogens with zero attached hydrogens (tertiary/aromatic N) is 4. The average molecular weight is 629 g/mol. The molecule has 1 aliphatic carbocycles. The van der Waals surface area contributed by atoms with E-state index >= 15 is 0 Å². The van der Waals surface area contributed by atoms with Crippen LogP contribution in [-0.4, -0.2) is 9.97 Å². The summed E-state index contributed by atoms with van der Waals surface area (Å²) in [6, 6.07) is 44.6. The molecule has 0 bridgehead atoms. The predicted molar refractivity (Wildman–Crippen MR) is 199 cm³/mol. The highest BCUT2D eigenvalue weighted by molar-refractivity contribution is 6.16. The molecule has 0 fully saturated rings. The number of anilines is 3. The van der Waals surface area contributed by atoms with Crippen molar-refractivity contribution in [2.24, 2.45) is 0 Å². The summed E-state index contributed by atoms with van der Waals surface area (Å²) in [7, 11) is 0. The molecular weight excluding hydrogens is 601 g/mol. The Morgan fingerprint density at radius 2 is 1.37 bits per heavy atom. The monoisotopic (exact) mass is 628 g/mol. The van der Waals surface area contributed by atoms with Crippen LogP contribution in [0.25, 0.3) is 65.6 Å². The first-order chi connectivity index (χ1) is 24.0. The Hall–Kier alpha value is -6.51. The van der Waals surface area contributed by atoms with Crippen molar-refractivity contribution in [3.8, 4) is 17.2 Å². The molecule has 2 heterocycles. The van der Waals surface area contributed by atoms with Gasteiger partial charge in [-0.2, -0.15) is 5.26 Å². The Labute approximate surface area is 282 Å². The van der Waals surface area contributed by atoms with Gasteiger partial charge in [-0.05, 0) is 117 Å². The van der Waals surface area contributed by atoms with Gasteiger partial charge in [0, 0.05) is 46.0 Å². The van der Waals surface area contributed by atoms with Gasteiger partial charge in [-0.25, -0.2) is 0 Å². The summed E-state index contributed by atoms with van der Waals surface area (Å²) >= 11 is 0. The fourth-order valence-electron chi connectivity index (χ4n) is 7.92. The summed E-state index contributed by atoms with van der Waals surface area (Å²) in [6.07, 6.45) is 3.42. The second-order valence-corrected chi connectivity index (χ2v) is 13.4. The van der Waals surface area contributed by atoms with Crippen molar-refractivity contribution < 1.29 is 4.42 Å². The van der Waals surface area contributed by atoms with Gasteiger partial charge in [-0.15, -0.1) is 0 Å². The fourth-order valence-corrected chi connectivity index (χ4v) is 7.92. The maximum Gasteiger partial charge on any atom is 0.137 e. The molecule has 5 heteroatoms. The van der Waals surface area contributed by atoms with Gasteiger partial charge < -0.3 is 9.32 Å². The maximum absolute atomic E-state index is 9.45. The third-order valence-electron chi connectivity index (χ3n) is 10.3. The summed E-state index contributed by atoms with van der Waals surface area (Å²) in [6.45, 7) is 4.68. The zero-order valence-corrected chi connectivity index (χ0v) is 26.9. The molecule has 0 saturated carbocycles. The number of hydrogen-bond acceptors (Lipinski definition) is 5. The molecule has 0 atom stereocenters. The van der Waals surface area contributed by atoms with Gasteiger partial charge in [0.05, 0.1) is 22.8 Å². The number of aromatic nitrogens is 2. The molecule has 5 nitrogen and oxygen atoms in total. The minimum atomic E-state index is -0.0756. The predicted octanol–water partition coefficient (Wildman–Crippen LogP) is 11.5. The lowest BCUT2D eigenvalue weighted by Crippen LogP contribution is -2.15. The number of hydrogen-bond donors (Lipinski definition) is 0. The zero-order chi connectivity index (χ0) is 32.9. The van der Waals surface area contributed by atoms with Crippen molar-refractivity contribution >= 4 is 71.6 Å². The van der Waals surface area contributed by atoms with Crippen molar-refractivity contribution in [2.75, 3.05) is 4.90 Å². The number of nitriles is 1. The fraction of sp³-hybridized carbons (Fsp3) is 0.0682. The molecule has 9 aromatic rings. The van der Waals surface area contributed by atoms with Crippen LogP contribution in [0.3, 0.4) is 0 Å². The van der Waals surface area contributed by atoms with Crippen molar-refractivity contribution in [3.63, 3.8) is 0 Å². The molecule has 0 unspecified atom stereocenters. The summed E-state index contributed by atoms with van der Waals surface area (Å²) < 4.78 is 6.64. The molecule has 0 spiro atoms. The highest BCUT2D eigenvalue weighted by Gasteiger charge is 2.34. The molecule has 1 aliphatic rings. The Balaban J connectivity index is 1.11. The van der Waals surface area contributed by atoms with Gasteiger partial charge in [0.25, 0.3) is 0 Å². The first kappa shape index (κ1) is 27.6. The lowest BCUT2D eigenvalue weighted by atomic mass is 9.81. The summed E-state index contributed by atoms with van der Waals surface area (Å²) in [4.78, 5) is 11.4. The molecule has 10 rings (SSSR count). The highest BCUT2D eigenvalue weighted by Crippen LogP contribution is 2.50. The van der Waals surface area contributed by atoms with Gasteiger partial charge in [0.2, 0.25) is 0 Å². The smallest absolute Gasteiger partial charge is 0.137 e. The third kappa shape index (κ3) is 3.98. The number of fused-ring (bicyclic) bond motifs is 4. The molecule has 2 aromatic heterocycles. The summed E-state index contributed by atoms with van der Waals surface area (Å²) in [5.41, 5.74) is 11.6. The Morgan fingerprint density at radius 1 is 0.633 bits per heavy atom. The van der Waals surface area contributed by atoms with Gasteiger partial charge in [0.1, 0.15) is 16.7 Å². The largest absolute Gasteiger partial charge is 0.456 e. The van der Waals surface area contributed by atoms with E-state index in [9.17, 15) is 5.26 Å². The second-order valence-electron chi connectivity index (χ2n) is 13.4. The molecule has 0 N–H and O–H groups in total. The molecule has 49 heavy (non-hydrogen) atoms. The molecule has 0 aliphatic heterocycles. The van der Waals surface area contributed by atoms with Crippen molar-refractivity contribution in [3.05, 3.63) is 150 Å². The van der Waals surface area contributed by atoms with Crippen molar-refractivity contribution in [1.29, 1.82) is 5.26 Å². The molecule has 0 amide bonds. The molecule has 0 radical (unpaired) electrons. The van der Waals surface area contributed by atoms with E-state index < -0.39 is 0 Å². The number of benzene rings is 7. The van der Waals surface area contributed by atoms with E-state index in [1.807, 2.05) is 42.5 Å². The number of furan rings is 1. The van der Waals surface area contributed by atoms with Crippen molar-refractivity contribution in [2.45, 2.75) is 19.3 Å². The van der Waals surface area contributed by atoms with E-state index in [0.29, 0.717) is 5.56 Å². The lowest BCUT2D eigenvalue weighted by molar-refractivity contribution is 0.663. The first-order valence-electron chi connectivity index (χ1n) is 16.5.